The fourth-order valence-electron chi connectivity index (χ4n) is 2.58. The highest BCUT2D eigenvalue weighted by molar-refractivity contribution is 8.00. The third-order valence-corrected chi connectivity index (χ3v) is 4.34. The second-order valence-corrected chi connectivity index (χ2v) is 5.97. The van der Waals surface area contributed by atoms with Crippen LogP contribution in [0.1, 0.15) is 45.4 Å². The molecular weight excluding hydrogens is 247 g/mol. The maximum Gasteiger partial charge on any atom is 0.441 e. The summed E-state index contributed by atoms with van der Waals surface area (Å²) in [5.74, 6) is 0.521. The molecule has 2 atom stereocenters. The van der Waals surface area contributed by atoms with Crippen LogP contribution in [-0.2, 0) is 0 Å². The van der Waals surface area contributed by atoms with Gasteiger partial charge in [0.1, 0.15) is 0 Å². The molecule has 1 nitrogen and oxygen atoms in total. The summed E-state index contributed by atoms with van der Waals surface area (Å²) in [6, 6.07) is 2.29. The van der Waals surface area contributed by atoms with Crippen LogP contribution in [0, 0.1) is 22.7 Å². The molecule has 1 rings (SSSR count). The predicted molar refractivity (Wildman–Crippen MR) is 63.4 cm³/mol. The monoisotopic (exact) mass is 265 g/mol. The zero-order valence-electron chi connectivity index (χ0n) is 10.0. The van der Waals surface area contributed by atoms with Gasteiger partial charge in [-0.25, -0.2) is 0 Å². The summed E-state index contributed by atoms with van der Waals surface area (Å²) in [6.45, 7) is 2.09. The summed E-state index contributed by atoms with van der Waals surface area (Å²) in [5.41, 5.74) is -4.67. The number of nitriles is 1. The Kier molecular flexibility index (Phi) is 5.18. The Morgan fingerprint density at radius 1 is 1.47 bits per heavy atom. The quantitative estimate of drug-likeness (QED) is 0.733. The van der Waals surface area contributed by atoms with Gasteiger partial charge in [-0.2, -0.15) is 18.4 Å². The highest BCUT2D eigenvalue weighted by atomic mass is 32.2. The van der Waals surface area contributed by atoms with E-state index < -0.39 is 10.9 Å². The Balaban J connectivity index is 2.49. The summed E-state index contributed by atoms with van der Waals surface area (Å²) < 4.78 is 36.2. The summed E-state index contributed by atoms with van der Waals surface area (Å²) in [6.07, 6.45) is 5.02. The minimum absolute atomic E-state index is 0.00115. The second kappa shape index (κ2) is 5.99. The normalized spacial score (nSPS) is 29.9. The first-order chi connectivity index (χ1) is 7.91. The Morgan fingerprint density at radius 2 is 2.18 bits per heavy atom. The number of hydrogen-bond donors (Lipinski definition) is 0. The average Bonchev–Trinajstić information content (AvgIpc) is 2.27. The molecule has 0 aliphatic heterocycles. The summed E-state index contributed by atoms with van der Waals surface area (Å²) >= 11 is -0.00115. The summed E-state index contributed by atoms with van der Waals surface area (Å²) in [7, 11) is 0. The van der Waals surface area contributed by atoms with Crippen molar-refractivity contribution in [2.45, 2.75) is 51.0 Å². The van der Waals surface area contributed by atoms with Crippen LogP contribution in [0.15, 0.2) is 0 Å². The number of rotatable bonds is 4. The predicted octanol–water partition coefficient (Wildman–Crippen LogP) is 4.74. The lowest BCUT2D eigenvalue weighted by molar-refractivity contribution is -0.0329. The van der Waals surface area contributed by atoms with E-state index in [1.54, 1.807) is 0 Å². The van der Waals surface area contributed by atoms with E-state index >= 15 is 0 Å². The van der Waals surface area contributed by atoms with Gasteiger partial charge in [0, 0.05) is 5.75 Å². The average molecular weight is 265 g/mol. The Morgan fingerprint density at radius 3 is 2.71 bits per heavy atom. The van der Waals surface area contributed by atoms with E-state index in [1.165, 1.54) is 0 Å². The van der Waals surface area contributed by atoms with E-state index in [0.29, 0.717) is 12.3 Å². The minimum Gasteiger partial charge on any atom is -0.198 e. The van der Waals surface area contributed by atoms with Crippen LogP contribution in [0.4, 0.5) is 13.2 Å². The molecule has 0 aromatic heterocycles. The van der Waals surface area contributed by atoms with E-state index in [1.807, 2.05) is 0 Å². The molecule has 0 aromatic carbocycles. The van der Waals surface area contributed by atoms with E-state index in [4.69, 9.17) is 0 Å². The van der Waals surface area contributed by atoms with Crippen molar-refractivity contribution in [1.29, 1.82) is 5.26 Å². The molecule has 98 valence electrons. The number of nitrogens with zero attached hydrogens (tertiary/aromatic N) is 1. The summed E-state index contributed by atoms with van der Waals surface area (Å²) in [4.78, 5) is 0. The fraction of sp³-hybridized carbons (Fsp3) is 0.917. The molecule has 1 fully saturated rings. The third kappa shape index (κ3) is 4.79. The minimum atomic E-state index is -4.17. The molecule has 0 N–H and O–H groups in total. The van der Waals surface area contributed by atoms with Crippen LogP contribution < -0.4 is 0 Å². The molecule has 0 spiro atoms. The van der Waals surface area contributed by atoms with Gasteiger partial charge < -0.3 is 0 Å². The smallest absolute Gasteiger partial charge is 0.198 e. The molecule has 0 heterocycles. The highest BCUT2D eigenvalue weighted by Gasteiger charge is 2.37. The van der Waals surface area contributed by atoms with Crippen molar-refractivity contribution in [3.63, 3.8) is 0 Å². The largest absolute Gasteiger partial charge is 0.441 e. The zero-order valence-corrected chi connectivity index (χ0v) is 10.8. The molecular formula is C12H18F3NS. The molecule has 0 radical (unpaired) electrons. The number of alkyl halides is 3. The van der Waals surface area contributed by atoms with Crippen molar-refractivity contribution in [2.75, 3.05) is 5.75 Å². The van der Waals surface area contributed by atoms with Gasteiger partial charge in [0.15, 0.2) is 0 Å². The van der Waals surface area contributed by atoms with Crippen molar-refractivity contribution >= 4 is 11.8 Å². The molecule has 5 heteroatoms. The molecule has 1 aliphatic carbocycles. The van der Waals surface area contributed by atoms with Crippen LogP contribution in [-0.4, -0.2) is 11.3 Å². The molecule has 0 saturated heterocycles. The molecule has 0 amide bonds. The Bertz CT molecular complexity index is 284. The van der Waals surface area contributed by atoms with E-state index in [2.05, 4.69) is 13.0 Å². The lowest BCUT2D eigenvalue weighted by Gasteiger charge is -2.35. The molecule has 1 saturated carbocycles. The van der Waals surface area contributed by atoms with E-state index in [9.17, 15) is 18.4 Å². The molecule has 1 aliphatic rings. The fourth-order valence-corrected chi connectivity index (χ4v) is 3.31. The van der Waals surface area contributed by atoms with Crippen LogP contribution in [0.2, 0.25) is 0 Å². The first-order valence-corrected chi connectivity index (χ1v) is 7.01. The van der Waals surface area contributed by atoms with E-state index in [-0.39, 0.29) is 17.5 Å². The van der Waals surface area contributed by atoms with Gasteiger partial charge in [0.2, 0.25) is 0 Å². The van der Waals surface area contributed by atoms with E-state index in [0.717, 1.165) is 32.1 Å². The van der Waals surface area contributed by atoms with Crippen LogP contribution in [0.25, 0.3) is 0 Å². The van der Waals surface area contributed by atoms with Crippen LogP contribution in [0.5, 0.6) is 0 Å². The SMILES string of the molecule is CCC1CCCC(C#N)(CCSC(F)(F)F)C1. The van der Waals surface area contributed by atoms with Gasteiger partial charge in [-0.1, -0.05) is 37.9 Å². The van der Waals surface area contributed by atoms with Crippen molar-refractivity contribution in [3.8, 4) is 6.07 Å². The van der Waals surface area contributed by atoms with Gasteiger partial charge in [-0.15, -0.1) is 0 Å². The van der Waals surface area contributed by atoms with Crippen molar-refractivity contribution in [2.24, 2.45) is 11.3 Å². The first kappa shape index (κ1) is 14.7. The van der Waals surface area contributed by atoms with Gasteiger partial charge in [-0.3, -0.25) is 0 Å². The van der Waals surface area contributed by atoms with Crippen molar-refractivity contribution in [3.05, 3.63) is 0 Å². The van der Waals surface area contributed by atoms with Gasteiger partial charge in [0.25, 0.3) is 0 Å². The Hall–Kier alpha value is -0.370. The number of hydrogen-bond acceptors (Lipinski definition) is 2. The molecule has 2 unspecified atom stereocenters. The third-order valence-electron chi connectivity index (χ3n) is 3.61. The topological polar surface area (TPSA) is 23.8 Å². The standard InChI is InChI=1S/C12H18F3NS/c1-2-10-4-3-5-11(8-10,9-16)6-7-17-12(13,14)15/h10H,2-8H2,1H3. The van der Waals surface area contributed by atoms with Crippen molar-refractivity contribution in [1.82, 2.24) is 0 Å². The maximum absolute atomic E-state index is 12.1. The number of halogens is 3. The Labute approximate surface area is 105 Å². The highest BCUT2D eigenvalue weighted by Crippen LogP contribution is 2.44. The second-order valence-electron chi connectivity index (χ2n) is 4.81. The molecule has 0 aromatic rings. The van der Waals surface area contributed by atoms with Gasteiger partial charge in [-0.05, 0) is 25.2 Å². The number of thioether (sulfide) groups is 1. The molecule has 17 heavy (non-hydrogen) atoms. The lowest BCUT2D eigenvalue weighted by Crippen LogP contribution is -2.28. The summed E-state index contributed by atoms with van der Waals surface area (Å²) in [5, 5.41) is 9.24. The van der Waals surface area contributed by atoms with Gasteiger partial charge >= 0.3 is 5.51 Å². The van der Waals surface area contributed by atoms with Crippen molar-refractivity contribution < 1.29 is 13.2 Å². The molecule has 0 bridgehead atoms. The lowest BCUT2D eigenvalue weighted by atomic mass is 9.68. The maximum atomic E-state index is 12.1. The van der Waals surface area contributed by atoms with Crippen LogP contribution >= 0.6 is 11.8 Å². The van der Waals surface area contributed by atoms with Gasteiger partial charge in [0.05, 0.1) is 11.5 Å². The first-order valence-electron chi connectivity index (χ1n) is 6.03. The zero-order chi connectivity index (χ0) is 12.9. The van der Waals surface area contributed by atoms with Crippen LogP contribution in [0.3, 0.4) is 0 Å².